The van der Waals surface area contributed by atoms with E-state index in [4.69, 9.17) is 10.6 Å². The number of halogens is 1. The van der Waals surface area contributed by atoms with E-state index < -0.39 is 0 Å². The summed E-state index contributed by atoms with van der Waals surface area (Å²) in [5.74, 6) is 7.39. The van der Waals surface area contributed by atoms with Gasteiger partial charge in [-0.25, -0.2) is 9.07 Å². The van der Waals surface area contributed by atoms with Gasteiger partial charge >= 0.3 is 0 Å². The summed E-state index contributed by atoms with van der Waals surface area (Å²) in [5.41, 5.74) is 1.48. The number of hydrogen-bond acceptors (Lipinski definition) is 5. The van der Waals surface area contributed by atoms with E-state index in [0.29, 0.717) is 28.9 Å². The number of ether oxygens (including phenoxy) is 1. The topological polar surface area (TPSA) is 66.0 Å². The molecule has 2 aromatic carbocycles. The summed E-state index contributed by atoms with van der Waals surface area (Å²) >= 11 is 1.41. The Morgan fingerprint density at radius 3 is 2.79 bits per heavy atom. The molecule has 0 bridgehead atoms. The van der Waals surface area contributed by atoms with E-state index in [1.807, 2.05) is 31.2 Å². The molecule has 7 heteroatoms. The molecule has 0 fully saturated rings. The van der Waals surface area contributed by atoms with E-state index in [2.05, 4.69) is 10.2 Å². The fraction of sp³-hybridized carbons (Fsp3) is 0.176. The van der Waals surface area contributed by atoms with Crippen molar-refractivity contribution in [2.24, 2.45) is 0 Å². The Bertz CT molecular complexity index is 837. The van der Waals surface area contributed by atoms with Crippen molar-refractivity contribution in [3.8, 4) is 17.1 Å². The second-order valence-corrected chi connectivity index (χ2v) is 6.23. The van der Waals surface area contributed by atoms with Crippen LogP contribution < -0.4 is 10.6 Å². The minimum absolute atomic E-state index is 0.301. The van der Waals surface area contributed by atoms with E-state index in [0.717, 1.165) is 11.3 Å². The highest BCUT2D eigenvalue weighted by Crippen LogP contribution is 2.23. The Morgan fingerprint density at radius 2 is 2.00 bits per heavy atom. The molecule has 0 radical (unpaired) electrons. The Kier molecular flexibility index (Phi) is 5.00. The molecule has 0 atom stereocenters. The van der Waals surface area contributed by atoms with Crippen LogP contribution in [-0.2, 0) is 0 Å². The van der Waals surface area contributed by atoms with Gasteiger partial charge in [-0.1, -0.05) is 36.0 Å². The van der Waals surface area contributed by atoms with Gasteiger partial charge in [0.25, 0.3) is 0 Å². The summed E-state index contributed by atoms with van der Waals surface area (Å²) in [5, 5.41) is 8.52. The largest absolute Gasteiger partial charge is 0.493 e. The fourth-order valence-electron chi connectivity index (χ4n) is 2.20. The van der Waals surface area contributed by atoms with Gasteiger partial charge in [0.05, 0.1) is 12.2 Å². The molecule has 124 valence electrons. The highest BCUT2D eigenvalue weighted by atomic mass is 32.2. The van der Waals surface area contributed by atoms with Crippen molar-refractivity contribution in [1.29, 1.82) is 0 Å². The van der Waals surface area contributed by atoms with Gasteiger partial charge in [0.15, 0.2) is 5.82 Å². The molecule has 0 saturated carbocycles. The number of nitrogen functional groups attached to an aromatic ring is 1. The lowest BCUT2D eigenvalue weighted by Gasteiger charge is -2.07. The first-order chi connectivity index (χ1) is 11.6. The second-order valence-electron chi connectivity index (χ2n) is 5.17. The number of thioether (sulfide) groups is 1. The third kappa shape index (κ3) is 3.68. The molecule has 0 aliphatic carbocycles. The third-order valence-corrected chi connectivity index (χ3v) is 4.26. The summed E-state index contributed by atoms with van der Waals surface area (Å²) < 4.78 is 20.8. The monoisotopic (exact) mass is 344 g/mol. The Labute approximate surface area is 143 Å². The van der Waals surface area contributed by atoms with Gasteiger partial charge < -0.3 is 10.6 Å². The lowest BCUT2D eigenvalue weighted by Crippen LogP contribution is -2.12. The number of aryl methyl sites for hydroxylation is 1. The number of aromatic nitrogens is 3. The van der Waals surface area contributed by atoms with Gasteiger partial charge in [0.2, 0.25) is 5.16 Å². The van der Waals surface area contributed by atoms with E-state index in [1.54, 1.807) is 18.2 Å². The van der Waals surface area contributed by atoms with Crippen molar-refractivity contribution in [2.75, 3.05) is 18.2 Å². The molecule has 0 spiro atoms. The van der Waals surface area contributed by atoms with Gasteiger partial charge in [-0.3, -0.25) is 0 Å². The molecule has 0 unspecified atom stereocenters. The third-order valence-electron chi connectivity index (χ3n) is 3.35. The maximum Gasteiger partial charge on any atom is 0.210 e. The predicted octanol–water partition coefficient (Wildman–Crippen LogP) is 3.28. The molecule has 1 heterocycles. The van der Waals surface area contributed by atoms with Crippen LogP contribution >= 0.6 is 11.8 Å². The molecule has 5 nitrogen and oxygen atoms in total. The molecule has 1 aromatic heterocycles. The standard InChI is InChI=1S/C17H17FN4OS/c1-12-5-4-6-13(11-12)23-9-10-24-17-21-20-16(22(17)19)14-7-2-3-8-15(14)18/h2-8,11H,9-10,19H2,1H3. The minimum Gasteiger partial charge on any atom is -0.493 e. The SMILES string of the molecule is Cc1cccc(OCCSc2nnc(-c3ccccc3F)n2N)c1. The van der Waals surface area contributed by atoms with Crippen LogP contribution in [0.15, 0.2) is 53.7 Å². The number of nitrogens with two attached hydrogens (primary N) is 1. The molecular weight excluding hydrogens is 327 g/mol. The van der Waals surface area contributed by atoms with E-state index >= 15 is 0 Å². The zero-order valence-corrected chi connectivity index (χ0v) is 14.0. The maximum absolute atomic E-state index is 13.8. The molecule has 3 rings (SSSR count). The van der Waals surface area contributed by atoms with Crippen molar-refractivity contribution in [3.05, 3.63) is 59.9 Å². The molecule has 2 N–H and O–H groups in total. The van der Waals surface area contributed by atoms with Crippen LogP contribution in [0.25, 0.3) is 11.4 Å². The summed E-state index contributed by atoms with van der Waals surface area (Å²) in [4.78, 5) is 0. The highest BCUT2D eigenvalue weighted by Gasteiger charge is 2.15. The Hall–Kier alpha value is -2.54. The number of rotatable bonds is 6. The minimum atomic E-state index is -0.379. The van der Waals surface area contributed by atoms with Crippen molar-refractivity contribution in [1.82, 2.24) is 14.9 Å². The first-order valence-corrected chi connectivity index (χ1v) is 8.41. The van der Waals surface area contributed by atoms with Crippen molar-refractivity contribution < 1.29 is 9.13 Å². The molecule has 0 aliphatic heterocycles. The summed E-state index contributed by atoms with van der Waals surface area (Å²) in [6.45, 7) is 2.53. The predicted molar refractivity (Wildman–Crippen MR) is 93.0 cm³/mol. The molecular formula is C17H17FN4OS. The summed E-state index contributed by atoms with van der Waals surface area (Å²) in [7, 11) is 0. The second kappa shape index (κ2) is 7.35. The molecule has 3 aromatic rings. The smallest absolute Gasteiger partial charge is 0.210 e. The van der Waals surface area contributed by atoms with E-state index in [-0.39, 0.29) is 5.82 Å². The highest BCUT2D eigenvalue weighted by molar-refractivity contribution is 7.99. The van der Waals surface area contributed by atoms with Gasteiger partial charge in [0.1, 0.15) is 11.6 Å². The average molecular weight is 344 g/mol. The first kappa shape index (κ1) is 16.3. The van der Waals surface area contributed by atoms with Crippen molar-refractivity contribution in [2.45, 2.75) is 12.1 Å². The molecule has 24 heavy (non-hydrogen) atoms. The summed E-state index contributed by atoms with van der Waals surface area (Å²) in [6.07, 6.45) is 0. The van der Waals surface area contributed by atoms with Gasteiger partial charge in [-0.15, -0.1) is 10.2 Å². The van der Waals surface area contributed by atoms with Gasteiger partial charge in [-0.05, 0) is 36.8 Å². The van der Waals surface area contributed by atoms with Gasteiger partial charge in [-0.2, -0.15) is 0 Å². The molecule has 0 amide bonds. The fourth-order valence-corrected chi connectivity index (χ4v) is 2.87. The number of hydrogen-bond donors (Lipinski definition) is 1. The van der Waals surface area contributed by atoms with Crippen LogP contribution in [0.3, 0.4) is 0 Å². The van der Waals surface area contributed by atoms with Crippen LogP contribution in [-0.4, -0.2) is 27.2 Å². The quantitative estimate of drug-likeness (QED) is 0.422. The normalized spacial score (nSPS) is 10.8. The van der Waals surface area contributed by atoms with Crippen LogP contribution in [0.2, 0.25) is 0 Å². The Morgan fingerprint density at radius 1 is 1.17 bits per heavy atom. The van der Waals surface area contributed by atoms with Crippen molar-refractivity contribution in [3.63, 3.8) is 0 Å². The first-order valence-electron chi connectivity index (χ1n) is 7.43. The zero-order chi connectivity index (χ0) is 16.9. The van der Waals surface area contributed by atoms with Crippen molar-refractivity contribution >= 4 is 11.8 Å². The Balaban J connectivity index is 1.60. The van der Waals surface area contributed by atoms with Crippen LogP contribution in [0.5, 0.6) is 5.75 Å². The van der Waals surface area contributed by atoms with E-state index in [9.17, 15) is 4.39 Å². The molecule has 0 aliphatic rings. The lowest BCUT2D eigenvalue weighted by atomic mass is 10.2. The average Bonchev–Trinajstić information content (AvgIpc) is 2.93. The number of nitrogens with zero attached hydrogens (tertiary/aromatic N) is 3. The maximum atomic E-state index is 13.8. The van der Waals surface area contributed by atoms with Gasteiger partial charge in [0, 0.05) is 5.75 Å². The number of benzene rings is 2. The van der Waals surface area contributed by atoms with Crippen LogP contribution in [0.1, 0.15) is 5.56 Å². The van der Waals surface area contributed by atoms with Crippen LogP contribution in [0, 0.1) is 12.7 Å². The summed E-state index contributed by atoms with van der Waals surface area (Å²) in [6, 6.07) is 14.2. The molecule has 0 saturated heterocycles. The lowest BCUT2D eigenvalue weighted by molar-refractivity contribution is 0.343. The van der Waals surface area contributed by atoms with E-state index in [1.165, 1.54) is 22.5 Å². The zero-order valence-electron chi connectivity index (χ0n) is 13.1. The van der Waals surface area contributed by atoms with Crippen LogP contribution in [0.4, 0.5) is 4.39 Å².